The summed E-state index contributed by atoms with van der Waals surface area (Å²) in [6.07, 6.45) is 2.95. The lowest BCUT2D eigenvalue weighted by atomic mass is 10.0. The zero-order chi connectivity index (χ0) is 18.7. The molecule has 1 aliphatic rings. The molecule has 4 heteroatoms. The van der Waals surface area contributed by atoms with Gasteiger partial charge < -0.3 is 0 Å². The topological polar surface area (TPSA) is 32.7 Å². The van der Waals surface area contributed by atoms with E-state index in [4.69, 9.17) is 0 Å². The number of hydrogen-bond donors (Lipinski definition) is 0. The first kappa shape index (κ1) is 18.5. The van der Waals surface area contributed by atoms with E-state index in [1.165, 1.54) is 22.9 Å². The number of hydrogen-bond acceptors (Lipinski definition) is 3. The number of carbonyl (C=O) groups excluding carboxylic acids is 1. The van der Waals surface area contributed by atoms with Crippen LogP contribution >= 0.6 is 11.8 Å². The van der Waals surface area contributed by atoms with Crippen molar-refractivity contribution in [3.05, 3.63) is 70.1 Å². The Morgan fingerprint density at radius 1 is 1.08 bits per heavy atom. The van der Waals surface area contributed by atoms with Crippen molar-refractivity contribution < 1.29 is 4.79 Å². The van der Waals surface area contributed by atoms with Crippen molar-refractivity contribution in [3.63, 3.8) is 0 Å². The third kappa shape index (κ3) is 4.07. The van der Waals surface area contributed by atoms with E-state index in [9.17, 15) is 4.79 Å². The molecule has 2 aromatic rings. The number of likely N-dealkylation sites (N-methyl/N-ethyl adjacent to an activating group) is 1. The van der Waals surface area contributed by atoms with Gasteiger partial charge in [0.05, 0.1) is 10.6 Å². The lowest BCUT2D eigenvalue weighted by molar-refractivity contribution is -0.121. The monoisotopic (exact) mass is 364 g/mol. The molecule has 0 spiro atoms. The van der Waals surface area contributed by atoms with E-state index in [0.29, 0.717) is 16.0 Å². The summed E-state index contributed by atoms with van der Waals surface area (Å²) in [5.74, 6) is 0.495. The molecule has 0 aromatic heterocycles. The first-order chi connectivity index (χ1) is 12.5. The fraction of sp³-hybridized carbons (Fsp3) is 0.273. The van der Waals surface area contributed by atoms with Gasteiger partial charge in [0.1, 0.15) is 0 Å². The largest absolute Gasteiger partial charge is 0.290 e. The summed E-state index contributed by atoms with van der Waals surface area (Å²) in [5.41, 5.74) is 4.48. The molecule has 0 saturated carbocycles. The van der Waals surface area contributed by atoms with Gasteiger partial charge in [-0.3, -0.25) is 9.69 Å². The third-order valence-electron chi connectivity index (χ3n) is 4.47. The first-order valence-corrected chi connectivity index (χ1v) is 9.74. The van der Waals surface area contributed by atoms with Gasteiger partial charge in [-0.15, -0.1) is 0 Å². The van der Waals surface area contributed by atoms with E-state index in [0.717, 1.165) is 17.7 Å². The van der Waals surface area contributed by atoms with Crippen LogP contribution in [0.5, 0.6) is 0 Å². The molecule has 1 fully saturated rings. The second kappa shape index (κ2) is 7.92. The van der Waals surface area contributed by atoms with Crippen molar-refractivity contribution in [2.75, 3.05) is 7.05 Å². The summed E-state index contributed by atoms with van der Waals surface area (Å²) in [4.78, 5) is 19.5. The summed E-state index contributed by atoms with van der Waals surface area (Å²) in [7, 11) is 1.78. The van der Waals surface area contributed by atoms with E-state index < -0.39 is 0 Å². The van der Waals surface area contributed by atoms with Gasteiger partial charge in [0.2, 0.25) is 0 Å². The molecule has 134 valence electrons. The Bertz CT molecular complexity index is 849. The Balaban J connectivity index is 1.82. The molecule has 3 rings (SSSR count). The van der Waals surface area contributed by atoms with E-state index in [1.54, 1.807) is 11.9 Å². The van der Waals surface area contributed by atoms with Crippen LogP contribution in [0.1, 0.15) is 43.4 Å². The highest BCUT2D eigenvalue weighted by atomic mass is 32.2. The average Bonchev–Trinajstić information content (AvgIpc) is 2.91. The van der Waals surface area contributed by atoms with Gasteiger partial charge in [0.25, 0.3) is 5.91 Å². The Hall–Kier alpha value is -2.33. The van der Waals surface area contributed by atoms with Crippen molar-refractivity contribution in [2.24, 2.45) is 4.99 Å². The van der Waals surface area contributed by atoms with Gasteiger partial charge in [-0.2, -0.15) is 0 Å². The molecule has 1 saturated heterocycles. The minimum absolute atomic E-state index is 0.00753. The zero-order valence-electron chi connectivity index (χ0n) is 15.7. The summed E-state index contributed by atoms with van der Waals surface area (Å²) >= 11 is 1.42. The van der Waals surface area contributed by atoms with E-state index in [-0.39, 0.29) is 5.91 Å². The second-order valence-electron chi connectivity index (χ2n) is 6.71. The molecule has 0 bridgehead atoms. The first-order valence-electron chi connectivity index (χ1n) is 8.93. The SMILES string of the molecule is CCc1ccc(N=C2S/C(=C/c3ccc(C(C)C)cc3)C(=O)N2C)cc1. The number of aryl methyl sites for hydroxylation is 1. The van der Waals surface area contributed by atoms with Crippen LogP contribution in [0, 0.1) is 0 Å². The summed E-state index contributed by atoms with van der Waals surface area (Å²) in [5, 5.41) is 0.712. The second-order valence-corrected chi connectivity index (χ2v) is 7.72. The molecule has 0 unspecified atom stereocenters. The Morgan fingerprint density at radius 3 is 2.31 bits per heavy atom. The lowest BCUT2D eigenvalue weighted by Gasteiger charge is -2.07. The van der Waals surface area contributed by atoms with Gasteiger partial charge in [0.15, 0.2) is 5.17 Å². The van der Waals surface area contributed by atoms with Gasteiger partial charge >= 0.3 is 0 Å². The molecule has 26 heavy (non-hydrogen) atoms. The molecule has 1 amide bonds. The van der Waals surface area contributed by atoms with E-state index in [2.05, 4.69) is 62.2 Å². The maximum absolute atomic E-state index is 12.5. The molecule has 0 aliphatic carbocycles. The van der Waals surface area contributed by atoms with Crippen LogP contribution in [-0.4, -0.2) is 23.0 Å². The fourth-order valence-electron chi connectivity index (χ4n) is 2.70. The number of amidine groups is 1. The molecule has 2 aromatic carbocycles. The van der Waals surface area contributed by atoms with Gasteiger partial charge in [0, 0.05) is 7.05 Å². The number of thioether (sulfide) groups is 1. The number of aliphatic imine (C=N–C) groups is 1. The Morgan fingerprint density at radius 2 is 1.73 bits per heavy atom. The van der Waals surface area contributed by atoms with Crippen molar-refractivity contribution >= 4 is 34.6 Å². The van der Waals surface area contributed by atoms with Crippen molar-refractivity contribution in [1.82, 2.24) is 4.90 Å². The number of carbonyl (C=O) groups is 1. The smallest absolute Gasteiger partial charge is 0.266 e. The van der Waals surface area contributed by atoms with Crippen LogP contribution in [-0.2, 0) is 11.2 Å². The summed E-state index contributed by atoms with van der Waals surface area (Å²) in [6.45, 7) is 6.48. The fourth-order valence-corrected chi connectivity index (χ4v) is 3.68. The van der Waals surface area contributed by atoms with Crippen molar-refractivity contribution in [2.45, 2.75) is 33.1 Å². The van der Waals surface area contributed by atoms with Gasteiger partial charge in [-0.25, -0.2) is 4.99 Å². The van der Waals surface area contributed by atoms with E-state index >= 15 is 0 Å². The standard InChI is InChI=1S/C22H24N2OS/c1-5-16-8-12-19(13-9-16)23-22-24(4)21(25)20(26-22)14-17-6-10-18(11-7-17)15(2)3/h6-15H,5H2,1-4H3/b20-14+,23-22?. The van der Waals surface area contributed by atoms with E-state index in [1.807, 2.05) is 18.2 Å². The molecular formula is C22H24N2OS. The summed E-state index contributed by atoms with van der Waals surface area (Å²) in [6, 6.07) is 16.5. The van der Waals surface area contributed by atoms with Crippen LogP contribution in [0.25, 0.3) is 6.08 Å². The number of amides is 1. The molecule has 0 N–H and O–H groups in total. The lowest BCUT2D eigenvalue weighted by Crippen LogP contribution is -2.23. The molecule has 1 aliphatic heterocycles. The average molecular weight is 365 g/mol. The number of nitrogens with zero attached hydrogens (tertiary/aromatic N) is 2. The van der Waals surface area contributed by atoms with Crippen LogP contribution < -0.4 is 0 Å². The minimum atomic E-state index is -0.00753. The molecule has 0 radical (unpaired) electrons. The maximum atomic E-state index is 12.5. The maximum Gasteiger partial charge on any atom is 0.266 e. The molecule has 3 nitrogen and oxygen atoms in total. The highest BCUT2D eigenvalue weighted by Gasteiger charge is 2.30. The van der Waals surface area contributed by atoms with Crippen molar-refractivity contribution in [3.8, 4) is 0 Å². The molecule has 0 atom stereocenters. The molecule has 1 heterocycles. The zero-order valence-corrected chi connectivity index (χ0v) is 16.5. The van der Waals surface area contributed by atoms with Crippen molar-refractivity contribution in [1.29, 1.82) is 0 Å². The van der Waals surface area contributed by atoms with Gasteiger partial charge in [-0.05, 0) is 59.0 Å². The van der Waals surface area contributed by atoms with Crippen LogP contribution in [0.2, 0.25) is 0 Å². The predicted molar refractivity (Wildman–Crippen MR) is 112 cm³/mol. The number of benzene rings is 2. The highest BCUT2D eigenvalue weighted by molar-refractivity contribution is 8.18. The summed E-state index contributed by atoms with van der Waals surface area (Å²) < 4.78 is 0. The predicted octanol–water partition coefficient (Wildman–Crippen LogP) is 5.61. The Labute approximate surface area is 159 Å². The van der Waals surface area contributed by atoms with Crippen LogP contribution in [0.3, 0.4) is 0 Å². The number of rotatable bonds is 4. The minimum Gasteiger partial charge on any atom is -0.290 e. The molecular weight excluding hydrogens is 340 g/mol. The Kier molecular flexibility index (Phi) is 5.62. The van der Waals surface area contributed by atoms with Gasteiger partial charge in [-0.1, -0.05) is 57.2 Å². The third-order valence-corrected chi connectivity index (χ3v) is 5.53. The van der Waals surface area contributed by atoms with Crippen LogP contribution in [0.4, 0.5) is 5.69 Å². The highest BCUT2D eigenvalue weighted by Crippen LogP contribution is 2.33. The van der Waals surface area contributed by atoms with Crippen LogP contribution in [0.15, 0.2) is 58.4 Å². The quantitative estimate of drug-likeness (QED) is 0.661. The normalized spacial score (nSPS) is 17.7.